The molecule has 1 N–H and O–H groups in total. The molecule has 0 atom stereocenters. The van der Waals surface area contributed by atoms with E-state index in [1.54, 1.807) is 6.07 Å². The molecular weight excluding hydrogens is 365 g/mol. The van der Waals surface area contributed by atoms with E-state index in [0.717, 1.165) is 6.26 Å². The predicted molar refractivity (Wildman–Crippen MR) is 91.0 cm³/mol. The summed E-state index contributed by atoms with van der Waals surface area (Å²) in [5.41, 5.74) is 0.0959. The van der Waals surface area contributed by atoms with E-state index in [9.17, 15) is 22.4 Å². The first-order chi connectivity index (χ1) is 12.3. The molecule has 0 saturated heterocycles. The molecule has 0 bridgehead atoms. The second kappa shape index (κ2) is 8.43. The summed E-state index contributed by atoms with van der Waals surface area (Å²) in [4.78, 5) is 23.4. The van der Waals surface area contributed by atoms with Crippen molar-refractivity contribution in [3.63, 3.8) is 0 Å². The second-order valence-corrected chi connectivity index (χ2v) is 7.20. The SMILES string of the molecule is CS(=O)(=O)c1ccccc1NC(=O)COC(=O)COc1ccc(F)cc1. The number of halogens is 1. The van der Waals surface area contributed by atoms with Crippen LogP contribution in [-0.2, 0) is 24.2 Å². The van der Waals surface area contributed by atoms with Crippen LogP contribution in [0.25, 0.3) is 0 Å². The van der Waals surface area contributed by atoms with E-state index in [1.807, 2.05) is 0 Å². The van der Waals surface area contributed by atoms with Gasteiger partial charge in [-0.05, 0) is 36.4 Å². The number of para-hydroxylation sites is 1. The summed E-state index contributed by atoms with van der Waals surface area (Å²) in [5.74, 6) is -1.67. The zero-order valence-electron chi connectivity index (χ0n) is 13.8. The molecule has 0 saturated carbocycles. The van der Waals surface area contributed by atoms with Gasteiger partial charge in [-0.25, -0.2) is 17.6 Å². The van der Waals surface area contributed by atoms with Crippen molar-refractivity contribution in [2.45, 2.75) is 4.90 Å². The summed E-state index contributed by atoms with van der Waals surface area (Å²) in [6.45, 7) is -1.07. The van der Waals surface area contributed by atoms with Gasteiger partial charge in [0.25, 0.3) is 5.91 Å². The lowest BCUT2D eigenvalue weighted by Crippen LogP contribution is -2.24. The smallest absolute Gasteiger partial charge is 0.344 e. The molecule has 0 aliphatic rings. The molecule has 2 aromatic carbocycles. The van der Waals surface area contributed by atoms with Crippen LogP contribution in [0.3, 0.4) is 0 Å². The fourth-order valence-corrected chi connectivity index (χ4v) is 2.78. The summed E-state index contributed by atoms with van der Waals surface area (Å²) in [6.07, 6.45) is 1.02. The lowest BCUT2D eigenvalue weighted by molar-refractivity contribution is -0.149. The lowest BCUT2D eigenvalue weighted by atomic mass is 10.3. The van der Waals surface area contributed by atoms with Gasteiger partial charge in [-0.2, -0.15) is 0 Å². The molecule has 2 rings (SSSR count). The number of benzene rings is 2. The van der Waals surface area contributed by atoms with E-state index in [4.69, 9.17) is 9.47 Å². The molecule has 9 heteroatoms. The molecule has 1 amide bonds. The molecule has 0 aromatic heterocycles. The van der Waals surface area contributed by atoms with Gasteiger partial charge >= 0.3 is 5.97 Å². The van der Waals surface area contributed by atoms with E-state index < -0.39 is 40.7 Å². The van der Waals surface area contributed by atoms with E-state index in [1.165, 1.54) is 42.5 Å². The standard InChI is InChI=1S/C17H16FNO6S/c1-26(22,23)15-5-3-2-4-14(15)19-16(20)10-25-17(21)11-24-13-8-6-12(18)7-9-13/h2-9H,10-11H2,1H3,(H,19,20). The van der Waals surface area contributed by atoms with Crippen LogP contribution in [0.5, 0.6) is 5.75 Å². The Kier molecular flexibility index (Phi) is 6.29. The van der Waals surface area contributed by atoms with Crippen molar-refractivity contribution >= 4 is 27.4 Å². The first-order valence-corrected chi connectivity index (χ1v) is 9.28. The lowest BCUT2D eigenvalue weighted by Gasteiger charge is -2.10. The Labute approximate surface area is 149 Å². The number of carbonyl (C=O) groups excluding carboxylic acids is 2. The Morgan fingerprint density at radius 2 is 1.69 bits per heavy atom. The van der Waals surface area contributed by atoms with Crippen molar-refractivity contribution in [3.05, 3.63) is 54.3 Å². The number of esters is 1. The molecule has 0 spiro atoms. The molecule has 0 radical (unpaired) electrons. The van der Waals surface area contributed by atoms with E-state index in [2.05, 4.69) is 5.32 Å². The Morgan fingerprint density at radius 1 is 1.04 bits per heavy atom. The van der Waals surface area contributed by atoms with Crippen LogP contribution in [0.2, 0.25) is 0 Å². The van der Waals surface area contributed by atoms with Crippen LogP contribution in [0.4, 0.5) is 10.1 Å². The quantitative estimate of drug-likeness (QED) is 0.734. The van der Waals surface area contributed by atoms with Crippen molar-refractivity contribution in [2.75, 3.05) is 24.8 Å². The Hall–Kier alpha value is -2.94. The van der Waals surface area contributed by atoms with E-state index >= 15 is 0 Å². The van der Waals surface area contributed by atoms with Gasteiger partial charge in [-0.1, -0.05) is 12.1 Å². The van der Waals surface area contributed by atoms with Crippen LogP contribution in [-0.4, -0.2) is 39.8 Å². The maximum absolute atomic E-state index is 12.7. The first-order valence-electron chi connectivity index (χ1n) is 7.38. The average Bonchev–Trinajstić information content (AvgIpc) is 2.59. The van der Waals surface area contributed by atoms with Crippen LogP contribution < -0.4 is 10.1 Å². The highest BCUT2D eigenvalue weighted by Crippen LogP contribution is 2.20. The minimum absolute atomic E-state index is 0.0423. The summed E-state index contributed by atoms with van der Waals surface area (Å²) in [6, 6.07) is 10.9. The summed E-state index contributed by atoms with van der Waals surface area (Å²) >= 11 is 0. The third-order valence-corrected chi connectivity index (χ3v) is 4.25. The maximum atomic E-state index is 12.7. The normalized spacial score (nSPS) is 10.8. The molecule has 0 aliphatic carbocycles. The molecule has 0 unspecified atom stereocenters. The summed E-state index contributed by atoms with van der Waals surface area (Å²) < 4.78 is 45.9. The Balaban J connectivity index is 1.83. The number of nitrogens with one attached hydrogen (secondary N) is 1. The molecule has 7 nitrogen and oxygen atoms in total. The molecule has 26 heavy (non-hydrogen) atoms. The summed E-state index contributed by atoms with van der Waals surface area (Å²) in [5, 5.41) is 2.37. The van der Waals surface area contributed by atoms with Gasteiger partial charge in [-0.3, -0.25) is 4.79 Å². The number of rotatable bonds is 7. The van der Waals surface area contributed by atoms with Gasteiger partial charge in [0.1, 0.15) is 11.6 Å². The monoisotopic (exact) mass is 381 g/mol. The number of hydrogen-bond acceptors (Lipinski definition) is 6. The molecule has 138 valence electrons. The molecule has 0 heterocycles. The molecule has 2 aromatic rings. The van der Waals surface area contributed by atoms with Crippen molar-refractivity contribution in [2.24, 2.45) is 0 Å². The summed E-state index contributed by atoms with van der Waals surface area (Å²) in [7, 11) is -3.52. The number of carbonyl (C=O) groups is 2. The third-order valence-electron chi connectivity index (χ3n) is 3.10. The van der Waals surface area contributed by atoms with E-state index in [0.29, 0.717) is 0 Å². The topological polar surface area (TPSA) is 98.8 Å². The fraction of sp³-hybridized carbons (Fsp3) is 0.176. The van der Waals surface area contributed by atoms with Crippen molar-refractivity contribution < 1.29 is 31.9 Å². The van der Waals surface area contributed by atoms with Gasteiger partial charge in [0, 0.05) is 6.26 Å². The van der Waals surface area contributed by atoms with Crippen molar-refractivity contribution in [3.8, 4) is 5.75 Å². The highest BCUT2D eigenvalue weighted by molar-refractivity contribution is 7.90. The first kappa shape index (κ1) is 19.4. The van der Waals surface area contributed by atoms with Crippen LogP contribution in [0, 0.1) is 5.82 Å². The highest BCUT2D eigenvalue weighted by atomic mass is 32.2. The second-order valence-electron chi connectivity index (χ2n) is 5.22. The molecule has 0 aliphatic heterocycles. The largest absolute Gasteiger partial charge is 0.482 e. The highest BCUT2D eigenvalue weighted by Gasteiger charge is 2.15. The van der Waals surface area contributed by atoms with Gasteiger partial charge in [-0.15, -0.1) is 0 Å². The van der Waals surface area contributed by atoms with Crippen LogP contribution in [0.1, 0.15) is 0 Å². The van der Waals surface area contributed by atoms with E-state index in [-0.39, 0.29) is 16.3 Å². The number of amides is 1. The zero-order chi connectivity index (χ0) is 19.2. The minimum atomic E-state index is -3.52. The Morgan fingerprint density at radius 3 is 2.35 bits per heavy atom. The number of anilines is 1. The Bertz CT molecular complexity index is 896. The predicted octanol–water partition coefficient (Wildman–Crippen LogP) is 1.79. The van der Waals surface area contributed by atoms with Crippen molar-refractivity contribution in [1.29, 1.82) is 0 Å². The van der Waals surface area contributed by atoms with Gasteiger partial charge < -0.3 is 14.8 Å². The number of ether oxygens (including phenoxy) is 2. The van der Waals surface area contributed by atoms with Gasteiger partial charge in [0.15, 0.2) is 23.1 Å². The van der Waals surface area contributed by atoms with Crippen LogP contribution in [0.15, 0.2) is 53.4 Å². The number of sulfone groups is 1. The average molecular weight is 381 g/mol. The van der Waals surface area contributed by atoms with Crippen molar-refractivity contribution in [1.82, 2.24) is 0 Å². The molecule has 0 fully saturated rings. The van der Waals surface area contributed by atoms with Gasteiger partial charge in [0.2, 0.25) is 0 Å². The number of hydrogen-bond donors (Lipinski definition) is 1. The van der Waals surface area contributed by atoms with Gasteiger partial charge in [0.05, 0.1) is 10.6 Å². The molecular formula is C17H16FNO6S. The maximum Gasteiger partial charge on any atom is 0.344 e. The minimum Gasteiger partial charge on any atom is -0.482 e. The zero-order valence-corrected chi connectivity index (χ0v) is 14.6. The third kappa shape index (κ3) is 5.85. The fourth-order valence-electron chi connectivity index (χ4n) is 1.94. The van der Waals surface area contributed by atoms with Crippen LogP contribution >= 0.6 is 0 Å².